The van der Waals surface area contributed by atoms with Gasteiger partial charge >= 0.3 is 5.69 Å². The van der Waals surface area contributed by atoms with Crippen molar-refractivity contribution in [3.63, 3.8) is 0 Å². The number of aromatic nitrogens is 2. The number of piperidine rings is 1. The van der Waals surface area contributed by atoms with Crippen molar-refractivity contribution in [3.05, 3.63) is 104 Å². The van der Waals surface area contributed by atoms with Crippen LogP contribution in [-0.2, 0) is 31.0 Å². The van der Waals surface area contributed by atoms with Crippen LogP contribution in [0.1, 0.15) is 36.0 Å². The molecular formula is C26H30N4O3. The number of nitrogens with one attached hydrogen (secondary N) is 1. The van der Waals surface area contributed by atoms with Crippen LogP contribution in [0.15, 0.2) is 76.4 Å². The molecule has 1 amide bonds. The maximum atomic E-state index is 12.8. The standard InChI is InChI=1S/C26H30N4O3/c31-24(27-17-22-11-5-6-12-23(22)19-28-14-7-2-8-15-28)20-30-25(32)13-16-29(26(30)33)18-21-9-3-1-4-10-21/h1,3-6,9-13,16H,2,7-8,14-15,17-20H2,(H,27,31). The summed E-state index contributed by atoms with van der Waals surface area (Å²) in [6.07, 6.45) is 5.22. The molecular weight excluding hydrogens is 416 g/mol. The fraction of sp³-hybridized carbons (Fsp3) is 0.346. The van der Waals surface area contributed by atoms with Gasteiger partial charge in [-0.1, -0.05) is 61.0 Å². The third kappa shape index (κ3) is 6.08. The molecule has 33 heavy (non-hydrogen) atoms. The van der Waals surface area contributed by atoms with Crippen LogP contribution in [0.2, 0.25) is 0 Å². The minimum absolute atomic E-state index is 0.304. The zero-order chi connectivity index (χ0) is 23.0. The first-order valence-corrected chi connectivity index (χ1v) is 11.5. The lowest BCUT2D eigenvalue weighted by molar-refractivity contribution is -0.121. The number of hydrogen-bond donors (Lipinski definition) is 1. The van der Waals surface area contributed by atoms with Crippen LogP contribution in [0.3, 0.4) is 0 Å². The van der Waals surface area contributed by atoms with E-state index in [0.717, 1.165) is 35.3 Å². The Morgan fingerprint density at radius 3 is 2.27 bits per heavy atom. The van der Waals surface area contributed by atoms with Gasteiger partial charge in [0.05, 0.1) is 6.54 Å². The molecule has 2 heterocycles. The Bertz CT molecular complexity index is 1190. The van der Waals surface area contributed by atoms with Gasteiger partial charge in [-0.05, 0) is 42.6 Å². The van der Waals surface area contributed by atoms with E-state index in [2.05, 4.69) is 16.3 Å². The maximum absolute atomic E-state index is 12.8. The van der Waals surface area contributed by atoms with Gasteiger partial charge in [-0.3, -0.25) is 23.6 Å². The Kier molecular flexibility index (Phi) is 7.52. The lowest BCUT2D eigenvalue weighted by Crippen LogP contribution is -2.43. The predicted molar refractivity (Wildman–Crippen MR) is 128 cm³/mol. The first-order valence-electron chi connectivity index (χ1n) is 11.5. The van der Waals surface area contributed by atoms with Crippen LogP contribution in [0.25, 0.3) is 0 Å². The number of carbonyl (C=O) groups excluding carboxylic acids is 1. The van der Waals surface area contributed by atoms with Crippen LogP contribution < -0.4 is 16.6 Å². The summed E-state index contributed by atoms with van der Waals surface area (Å²) in [4.78, 5) is 40.2. The number of carbonyl (C=O) groups is 1. The van der Waals surface area contributed by atoms with E-state index in [4.69, 9.17) is 0 Å². The number of hydrogen-bond acceptors (Lipinski definition) is 4. The second kappa shape index (κ2) is 10.9. The van der Waals surface area contributed by atoms with Gasteiger partial charge in [0.2, 0.25) is 5.91 Å². The second-order valence-electron chi connectivity index (χ2n) is 8.52. The number of benzene rings is 2. The van der Waals surface area contributed by atoms with Gasteiger partial charge in [-0.15, -0.1) is 0 Å². The molecule has 0 atom stereocenters. The van der Waals surface area contributed by atoms with Crippen LogP contribution in [-0.4, -0.2) is 33.0 Å². The fourth-order valence-corrected chi connectivity index (χ4v) is 4.24. The van der Waals surface area contributed by atoms with E-state index in [-0.39, 0.29) is 12.5 Å². The monoisotopic (exact) mass is 446 g/mol. The van der Waals surface area contributed by atoms with Gasteiger partial charge in [0.1, 0.15) is 6.54 Å². The quantitative estimate of drug-likeness (QED) is 0.576. The van der Waals surface area contributed by atoms with Crippen LogP contribution in [0, 0.1) is 0 Å². The molecule has 0 spiro atoms. The summed E-state index contributed by atoms with van der Waals surface area (Å²) in [7, 11) is 0. The first kappa shape index (κ1) is 22.7. The summed E-state index contributed by atoms with van der Waals surface area (Å²) in [6.45, 7) is 3.48. The molecule has 0 aliphatic carbocycles. The molecule has 0 radical (unpaired) electrons. The van der Waals surface area contributed by atoms with Crippen LogP contribution >= 0.6 is 0 Å². The minimum Gasteiger partial charge on any atom is -0.350 e. The van der Waals surface area contributed by atoms with Crippen molar-refractivity contribution in [2.45, 2.75) is 45.4 Å². The van der Waals surface area contributed by atoms with Crippen molar-refractivity contribution in [2.24, 2.45) is 0 Å². The Labute approximate surface area is 193 Å². The minimum atomic E-state index is -0.494. The van der Waals surface area contributed by atoms with Gasteiger partial charge in [0.25, 0.3) is 5.56 Å². The Balaban J connectivity index is 1.41. The number of amides is 1. The van der Waals surface area contributed by atoms with E-state index in [1.165, 1.54) is 41.7 Å². The number of likely N-dealkylation sites (tertiary alicyclic amines) is 1. The topological polar surface area (TPSA) is 76.3 Å². The Morgan fingerprint density at radius 2 is 1.52 bits per heavy atom. The normalized spacial score (nSPS) is 14.2. The molecule has 1 aliphatic heterocycles. The van der Waals surface area contributed by atoms with Gasteiger partial charge in [-0.2, -0.15) is 0 Å². The SMILES string of the molecule is O=C(Cn1c(=O)ccn(Cc2ccccc2)c1=O)NCc1ccccc1CN1CCCCC1. The zero-order valence-corrected chi connectivity index (χ0v) is 18.8. The van der Waals surface area contributed by atoms with Crippen molar-refractivity contribution >= 4 is 5.91 Å². The van der Waals surface area contributed by atoms with E-state index >= 15 is 0 Å². The summed E-state index contributed by atoms with van der Waals surface area (Å²) >= 11 is 0. The average molecular weight is 447 g/mol. The highest BCUT2D eigenvalue weighted by atomic mass is 16.2. The Morgan fingerprint density at radius 1 is 0.818 bits per heavy atom. The molecule has 1 aliphatic rings. The van der Waals surface area contributed by atoms with E-state index in [1.807, 2.05) is 48.5 Å². The Hall–Kier alpha value is -3.45. The maximum Gasteiger partial charge on any atom is 0.331 e. The number of rotatable bonds is 8. The van der Waals surface area contributed by atoms with Gasteiger partial charge in [0, 0.05) is 25.4 Å². The molecule has 0 unspecified atom stereocenters. The molecule has 172 valence electrons. The van der Waals surface area contributed by atoms with Gasteiger partial charge in [-0.25, -0.2) is 4.79 Å². The largest absolute Gasteiger partial charge is 0.350 e. The summed E-state index contributed by atoms with van der Waals surface area (Å²) in [5.41, 5.74) is 2.22. The van der Waals surface area contributed by atoms with E-state index in [1.54, 1.807) is 0 Å². The van der Waals surface area contributed by atoms with Crippen LogP contribution in [0.5, 0.6) is 0 Å². The molecule has 1 aromatic heterocycles. The van der Waals surface area contributed by atoms with Crippen molar-refractivity contribution in [3.8, 4) is 0 Å². The lowest BCUT2D eigenvalue weighted by atomic mass is 10.0. The van der Waals surface area contributed by atoms with Crippen molar-refractivity contribution in [2.75, 3.05) is 13.1 Å². The molecule has 4 rings (SSSR count). The highest BCUT2D eigenvalue weighted by Gasteiger charge is 2.14. The molecule has 3 aromatic rings. The lowest BCUT2D eigenvalue weighted by Gasteiger charge is -2.27. The molecule has 1 fully saturated rings. The second-order valence-corrected chi connectivity index (χ2v) is 8.52. The summed E-state index contributed by atoms with van der Waals surface area (Å²) < 4.78 is 2.43. The predicted octanol–water partition coefficient (Wildman–Crippen LogP) is 2.36. The fourth-order valence-electron chi connectivity index (χ4n) is 4.24. The molecule has 1 saturated heterocycles. The van der Waals surface area contributed by atoms with Crippen molar-refractivity contribution < 1.29 is 4.79 Å². The number of nitrogens with zero attached hydrogens (tertiary/aromatic N) is 3. The molecule has 1 N–H and O–H groups in total. The molecule has 0 bridgehead atoms. The third-order valence-electron chi connectivity index (χ3n) is 6.07. The molecule has 2 aromatic carbocycles. The van der Waals surface area contributed by atoms with Crippen molar-refractivity contribution in [1.29, 1.82) is 0 Å². The highest BCUT2D eigenvalue weighted by molar-refractivity contribution is 5.75. The smallest absolute Gasteiger partial charge is 0.331 e. The molecule has 0 saturated carbocycles. The molecule has 7 nitrogen and oxygen atoms in total. The van der Waals surface area contributed by atoms with Crippen LogP contribution in [0.4, 0.5) is 0 Å². The van der Waals surface area contributed by atoms with E-state index in [9.17, 15) is 14.4 Å². The summed E-state index contributed by atoms with van der Waals surface area (Å²) in [6, 6.07) is 18.9. The average Bonchev–Trinajstić information content (AvgIpc) is 2.84. The summed E-state index contributed by atoms with van der Waals surface area (Å²) in [5, 5.41) is 2.88. The van der Waals surface area contributed by atoms with E-state index in [0.29, 0.717) is 13.1 Å². The summed E-state index contributed by atoms with van der Waals surface area (Å²) in [5.74, 6) is -0.362. The zero-order valence-electron chi connectivity index (χ0n) is 18.8. The highest BCUT2D eigenvalue weighted by Crippen LogP contribution is 2.16. The third-order valence-corrected chi connectivity index (χ3v) is 6.07. The van der Waals surface area contributed by atoms with Crippen molar-refractivity contribution in [1.82, 2.24) is 19.4 Å². The molecule has 7 heteroatoms. The van der Waals surface area contributed by atoms with E-state index < -0.39 is 11.2 Å². The van der Waals surface area contributed by atoms with Gasteiger partial charge < -0.3 is 5.32 Å². The first-order chi connectivity index (χ1) is 16.1. The van der Waals surface area contributed by atoms with Gasteiger partial charge in [0.15, 0.2) is 0 Å².